The lowest BCUT2D eigenvalue weighted by atomic mass is 10.1. The van der Waals surface area contributed by atoms with Crippen LogP contribution in [0.1, 0.15) is 67.0 Å². The molecule has 0 bridgehead atoms. The van der Waals surface area contributed by atoms with E-state index in [2.05, 4.69) is 34.5 Å². The van der Waals surface area contributed by atoms with E-state index in [1.165, 1.54) is 0 Å². The van der Waals surface area contributed by atoms with Crippen LogP contribution in [-0.2, 0) is 6.54 Å². The van der Waals surface area contributed by atoms with Crippen LogP contribution in [0.3, 0.4) is 0 Å². The van der Waals surface area contributed by atoms with Gasteiger partial charge in [0.2, 0.25) is 5.89 Å². The van der Waals surface area contributed by atoms with Gasteiger partial charge in [-0.3, -0.25) is 9.48 Å². The highest BCUT2D eigenvalue weighted by molar-refractivity contribution is 7.71. The summed E-state index contributed by atoms with van der Waals surface area (Å²) >= 11 is 4.80. The molecule has 2 N–H and O–H groups in total. The van der Waals surface area contributed by atoms with E-state index in [0.29, 0.717) is 23.4 Å². The standard InChI is InChI=1S/C14H19N5O2S/c1-3-8(2)19-12(9-4-5-9)10(6-16-19)13(20)15-7-11-17-18-14(22)21-11/h6,8-9H,3-5,7H2,1-2H3,(H,15,20)(H,18,22)/t8-/m0/s1. The Labute approximate surface area is 133 Å². The summed E-state index contributed by atoms with van der Waals surface area (Å²) in [5, 5.41) is 13.6. The summed E-state index contributed by atoms with van der Waals surface area (Å²) in [7, 11) is 0. The number of amides is 1. The second-order valence-corrected chi connectivity index (χ2v) is 5.98. The fourth-order valence-electron chi connectivity index (χ4n) is 2.42. The lowest BCUT2D eigenvalue weighted by Crippen LogP contribution is -2.24. The molecule has 2 aromatic heterocycles. The Morgan fingerprint density at radius 2 is 2.41 bits per heavy atom. The first-order valence-corrected chi connectivity index (χ1v) is 7.91. The largest absolute Gasteiger partial charge is 0.412 e. The van der Waals surface area contributed by atoms with Gasteiger partial charge in [-0.15, -0.1) is 5.10 Å². The molecule has 1 aliphatic rings. The summed E-state index contributed by atoms with van der Waals surface area (Å²) in [4.78, 5) is 12.6. The van der Waals surface area contributed by atoms with Gasteiger partial charge in [0.15, 0.2) is 0 Å². The van der Waals surface area contributed by atoms with E-state index in [0.717, 1.165) is 25.0 Å². The quantitative estimate of drug-likeness (QED) is 0.799. The van der Waals surface area contributed by atoms with Crippen LogP contribution >= 0.6 is 12.2 Å². The van der Waals surface area contributed by atoms with Crippen molar-refractivity contribution in [1.82, 2.24) is 25.3 Å². The highest BCUT2D eigenvalue weighted by atomic mass is 32.1. The van der Waals surface area contributed by atoms with Gasteiger partial charge in [-0.1, -0.05) is 6.92 Å². The Hall–Kier alpha value is -1.96. The average Bonchev–Trinajstić information content (AvgIpc) is 3.12. The number of H-pyrrole nitrogens is 1. The minimum Gasteiger partial charge on any atom is -0.412 e. The van der Waals surface area contributed by atoms with E-state index in [1.807, 2.05) is 4.68 Å². The molecule has 0 aliphatic heterocycles. The van der Waals surface area contributed by atoms with Gasteiger partial charge in [-0.25, -0.2) is 5.10 Å². The molecular formula is C14H19N5O2S. The summed E-state index contributed by atoms with van der Waals surface area (Å²) in [5.41, 5.74) is 1.70. The number of rotatable bonds is 6. The first kappa shape index (κ1) is 15.0. The van der Waals surface area contributed by atoms with Crippen LogP contribution in [0.2, 0.25) is 0 Å². The molecule has 7 nitrogen and oxygen atoms in total. The highest BCUT2D eigenvalue weighted by Crippen LogP contribution is 2.42. The fraction of sp³-hybridized carbons (Fsp3) is 0.571. The van der Waals surface area contributed by atoms with Crippen molar-refractivity contribution in [2.45, 2.75) is 51.6 Å². The van der Waals surface area contributed by atoms with E-state index in [4.69, 9.17) is 16.6 Å². The van der Waals surface area contributed by atoms with Gasteiger partial charge >= 0.3 is 0 Å². The van der Waals surface area contributed by atoms with Crippen LogP contribution in [0.15, 0.2) is 10.6 Å². The smallest absolute Gasteiger partial charge is 0.284 e. The number of carbonyl (C=O) groups is 1. The molecule has 0 radical (unpaired) electrons. The molecule has 0 unspecified atom stereocenters. The molecule has 118 valence electrons. The fourth-order valence-corrected chi connectivity index (χ4v) is 2.56. The number of aromatic nitrogens is 4. The summed E-state index contributed by atoms with van der Waals surface area (Å²) < 4.78 is 7.13. The molecule has 2 heterocycles. The lowest BCUT2D eigenvalue weighted by Gasteiger charge is -2.14. The molecule has 3 rings (SSSR count). The second-order valence-electron chi connectivity index (χ2n) is 5.61. The molecule has 1 saturated carbocycles. The van der Waals surface area contributed by atoms with Gasteiger partial charge in [0, 0.05) is 12.0 Å². The second kappa shape index (κ2) is 6.04. The topological polar surface area (TPSA) is 88.7 Å². The van der Waals surface area contributed by atoms with Gasteiger partial charge in [-0.05, 0) is 38.4 Å². The van der Waals surface area contributed by atoms with Gasteiger partial charge in [0.25, 0.3) is 10.7 Å². The normalized spacial score (nSPS) is 15.7. The number of hydrogen-bond acceptors (Lipinski definition) is 5. The maximum Gasteiger partial charge on any atom is 0.284 e. The van der Waals surface area contributed by atoms with Crippen molar-refractivity contribution in [2.75, 3.05) is 0 Å². The van der Waals surface area contributed by atoms with Crippen LogP contribution < -0.4 is 5.32 Å². The predicted octanol–water partition coefficient (Wildman–Crippen LogP) is 2.71. The van der Waals surface area contributed by atoms with Crippen molar-refractivity contribution >= 4 is 18.1 Å². The zero-order valence-corrected chi connectivity index (χ0v) is 13.4. The van der Waals surface area contributed by atoms with Crippen LogP contribution in [0.5, 0.6) is 0 Å². The highest BCUT2D eigenvalue weighted by Gasteiger charge is 2.33. The number of hydrogen-bond donors (Lipinski definition) is 2. The summed E-state index contributed by atoms with van der Waals surface area (Å²) in [6.45, 7) is 4.44. The maximum atomic E-state index is 12.4. The van der Waals surface area contributed by atoms with E-state index >= 15 is 0 Å². The van der Waals surface area contributed by atoms with Gasteiger partial charge in [-0.2, -0.15) is 5.10 Å². The lowest BCUT2D eigenvalue weighted by molar-refractivity contribution is 0.0946. The predicted molar refractivity (Wildman–Crippen MR) is 82.1 cm³/mol. The summed E-state index contributed by atoms with van der Waals surface area (Å²) in [6.07, 6.45) is 4.89. The molecule has 8 heteroatoms. The van der Waals surface area contributed by atoms with Crippen molar-refractivity contribution in [3.8, 4) is 0 Å². The molecule has 0 aromatic carbocycles. The zero-order valence-electron chi connectivity index (χ0n) is 12.6. The SMILES string of the molecule is CC[C@H](C)n1ncc(C(=O)NCc2n[nH]c(=S)o2)c1C1CC1. The molecule has 1 amide bonds. The average molecular weight is 321 g/mol. The molecule has 1 atom stereocenters. The van der Waals surface area contributed by atoms with Crippen molar-refractivity contribution in [2.24, 2.45) is 0 Å². The Morgan fingerprint density at radius 1 is 1.64 bits per heavy atom. The minimum atomic E-state index is -0.152. The van der Waals surface area contributed by atoms with Crippen LogP contribution in [0, 0.1) is 4.84 Å². The van der Waals surface area contributed by atoms with Gasteiger partial charge in [0.05, 0.1) is 24.0 Å². The Morgan fingerprint density at radius 3 is 3.00 bits per heavy atom. The number of aromatic amines is 1. The summed E-state index contributed by atoms with van der Waals surface area (Å²) in [5.74, 6) is 0.660. The molecule has 1 fully saturated rings. The van der Waals surface area contributed by atoms with E-state index in [1.54, 1.807) is 6.20 Å². The minimum absolute atomic E-state index is 0.152. The van der Waals surface area contributed by atoms with Gasteiger partial charge < -0.3 is 9.73 Å². The first-order valence-electron chi connectivity index (χ1n) is 7.50. The van der Waals surface area contributed by atoms with Crippen LogP contribution in [0.4, 0.5) is 0 Å². The molecule has 0 spiro atoms. The Balaban J connectivity index is 1.77. The van der Waals surface area contributed by atoms with Crippen molar-refractivity contribution in [1.29, 1.82) is 0 Å². The Kier molecular flexibility index (Phi) is 4.10. The monoisotopic (exact) mass is 321 g/mol. The third-order valence-corrected chi connectivity index (χ3v) is 4.11. The number of nitrogens with one attached hydrogen (secondary N) is 2. The molecule has 2 aromatic rings. The van der Waals surface area contributed by atoms with E-state index in [-0.39, 0.29) is 17.3 Å². The first-order chi connectivity index (χ1) is 10.6. The number of nitrogens with zero attached hydrogens (tertiary/aromatic N) is 3. The molecule has 1 aliphatic carbocycles. The van der Waals surface area contributed by atoms with Crippen LogP contribution in [-0.4, -0.2) is 25.9 Å². The summed E-state index contributed by atoms with van der Waals surface area (Å²) in [6, 6.07) is 0.293. The van der Waals surface area contributed by atoms with E-state index in [9.17, 15) is 4.79 Å². The Bertz CT molecular complexity index is 728. The van der Waals surface area contributed by atoms with Crippen LogP contribution in [0.25, 0.3) is 0 Å². The number of carbonyl (C=O) groups excluding carboxylic acids is 1. The van der Waals surface area contributed by atoms with Gasteiger partial charge in [0.1, 0.15) is 0 Å². The molecular weight excluding hydrogens is 302 g/mol. The third kappa shape index (κ3) is 2.96. The maximum absolute atomic E-state index is 12.4. The molecule has 22 heavy (non-hydrogen) atoms. The van der Waals surface area contributed by atoms with Crippen molar-refractivity contribution in [3.05, 3.63) is 28.2 Å². The zero-order chi connectivity index (χ0) is 15.7. The van der Waals surface area contributed by atoms with Crippen molar-refractivity contribution < 1.29 is 9.21 Å². The van der Waals surface area contributed by atoms with E-state index < -0.39 is 0 Å². The van der Waals surface area contributed by atoms with Crippen molar-refractivity contribution in [3.63, 3.8) is 0 Å². The molecule has 0 saturated heterocycles. The third-order valence-electron chi connectivity index (χ3n) is 3.93.